The zero-order valence-corrected chi connectivity index (χ0v) is 10.4. The number of hydrogen-bond donors (Lipinski definition) is 1. The van der Waals surface area contributed by atoms with Crippen LogP contribution in [0.5, 0.6) is 5.75 Å². The summed E-state index contributed by atoms with van der Waals surface area (Å²) >= 11 is 0. The molecule has 0 spiro atoms. The van der Waals surface area contributed by atoms with E-state index in [1.807, 2.05) is 31.2 Å². The molecule has 2 heteroatoms. The van der Waals surface area contributed by atoms with Gasteiger partial charge in [0, 0.05) is 0 Å². The van der Waals surface area contributed by atoms with Crippen LogP contribution in [0, 0.1) is 0 Å². The summed E-state index contributed by atoms with van der Waals surface area (Å²) in [6.07, 6.45) is 6.26. The Morgan fingerprint density at radius 3 is 2.94 bits per heavy atom. The fourth-order valence-electron chi connectivity index (χ4n) is 2.27. The third-order valence-electron chi connectivity index (χ3n) is 3.16. The highest BCUT2D eigenvalue weighted by Crippen LogP contribution is 2.31. The Bertz CT molecular complexity index is 396. The van der Waals surface area contributed by atoms with Gasteiger partial charge in [-0.3, -0.25) is 0 Å². The molecule has 0 radical (unpaired) electrons. The second-order valence-corrected chi connectivity index (χ2v) is 4.43. The minimum absolute atomic E-state index is 0.462. The summed E-state index contributed by atoms with van der Waals surface area (Å²) in [5, 5.41) is 10.3. The summed E-state index contributed by atoms with van der Waals surface area (Å²) < 4.78 is 5.45. The molecule has 0 aliphatic heterocycles. The lowest BCUT2D eigenvalue weighted by atomic mass is 9.92. The topological polar surface area (TPSA) is 29.5 Å². The molecule has 1 aromatic carbocycles. The monoisotopic (exact) mass is 232 g/mol. The molecule has 0 saturated heterocycles. The van der Waals surface area contributed by atoms with Crippen molar-refractivity contribution >= 4 is 0 Å². The molecule has 1 aromatic rings. The van der Waals surface area contributed by atoms with Crippen LogP contribution >= 0.6 is 0 Å². The van der Waals surface area contributed by atoms with E-state index in [1.54, 1.807) is 0 Å². The van der Waals surface area contributed by atoms with Gasteiger partial charge in [0.15, 0.2) is 0 Å². The first-order chi connectivity index (χ1) is 8.31. The molecule has 0 saturated carbocycles. The number of hydrogen-bond acceptors (Lipinski definition) is 2. The van der Waals surface area contributed by atoms with Gasteiger partial charge in [-0.05, 0) is 55.9 Å². The summed E-state index contributed by atoms with van der Waals surface area (Å²) in [5.74, 6) is 0.834. The molecule has 1 atom stereocenters. The predicted molar refractivity (Wildman–Crippen MR) is 69.1 cm³/mol. The second kappa shape index (κ2) is 5.87. The molecule has 0 aromatic heterocycles. The Labute approximate surface area is 103 Å². The third kappa shape index (κ3) is 3.10. The molecule has 17 heavy (non-hydrogen) atoms. The van der Waals surface area contributed by atoms with Crippen LogP contribution in [0.1, 0.15) is 44.3 Å². The lowest BCUT2D eigenvalue weighted by Crippen LogP contribution is -2.05. The molecule has 1 aliphatic rings. The minimum atomic E-state index is -0.462. The highest BCUT2D eigenvalue weighted by molar-refractivity contribution is 5.34. The Morgan fingerprint density at radius 2 is 2.24 bits per heavy atom. The van der Waals surface area contributed by atoms with Gasteiger partial charge in [-0.2, -0.15) is 0 Å². The number of ether oxygens (including phenoxy) is 1. The largest absolute Gasteiger partial charge is 0.494 e. The van der Waals surface area contributed by atoms with Crippen molar-refractivity contribution < 1.29 is 9.84 Å². The van der Waals surface area contributed by atoms with Crippen LogP contribution in [0.3, 0.4) is 0 Å². The molecule has 0 fully saturated rings. The molecule has 0 amide bonds. The Kier molecular flexibility index (Phi) is 4.21. The lowest BCUT2D eigenvalue weighted by molar-refractivity contribution is 0.207. The summed E-state index contributed by atoms with van der Waals surface area (Å²) in [7, 11) is 0. The fourth-order valence-corrected chi connectivity index (χ4v) is 2.27. The first-order valence-corrected chi connectivity index (χ1v) is 6.41. The molecule has 0 bridgehead atoms. The van der Waals surface area contributed by atoms with E-state index in [9.17, 15) is 5.11 Å². The predicted octanol–water partition coefficient (Wildman–Crippen LogP) is 3.62. The molecule has 1 N–H and O–H groups in total. The molecule has 92 valence electrons. The SMILES string of the molecule is CCOc1cccc(C(O)C2=CCCCC2)c1. The molecule has 2 nitrogen and oxygen atoms in total. The highest BCUT2D eigenvalue weighted by atomic mass is 16.5. The van der Waals surface area contributed by atoms with Crippen LogP contribution in [0.2, 0.25) is 0 Å². The average molecular weight is 232 g/mol. The maximum Gasteiger partial charge on any atom is 0.119 e. The first kappa shape index (κ1) is 12.2. The van der Waals surface area contributed by atoms with Crippen molar-refractivity contribution in [2.45, 2.75) is 38.7 Å². The number of aliphatic hydroxyl groups is 1. The van der Waals surface area contributed by atoms with Gasteiger partial charge in [0.05, 0.1) is 6.61 Å². The van der Waals surface area contributed by atoms with Crippen molar-refractivity contribution in [1.29, 1.82) is 0 Å². The van der Waals surface area contributed by atoms with E-state index < -0.39 is 6.10 Å². The van der Waals surface area contributed by atoms with E-state index in [2.05, 4.69) is 6.08 Å². The van der Waals surface area contributed by atoms with Gasteiger partial charge in [-0.1, -0.05) is 18.2 Å². The number of benzene rings is 1. The fraction of sp³-hybridized carbons (Fsp3) is 0.467. The molecule has 2 rings (SSSR count). The van der Waals surface area contributed by atoms with Crippen molar-refractivity contribution in [3.63, 3.8) is 0 Å². The number of allylic oxidation sites excluding steroid dienone is 1. The molecular formula is C15H20O2. The zero-order valence-electron chi connectivity index (χ0n) is 10.4. The van der Waals surface area contributed by atoms with E-state index in [0.717, 1.165) is 29.7 Å². The summed E-state index contributed by atoms with van der Waals surface area (Å²) in [5.41, 5.74) is 2.09. The van der Waals surface area contributed by atoms with Crippen LogP contribution in [0.4, 0.5) is 0 Å². The van der Waals surface area contributed by atoms with Gasteiger partial charge in [-0.15, -0.1) is 0 Å². The van der Waals surface area contributed by atoms with Gasteiger partial charge in [0.2, 0.25) is 0 Å². The van der Waals surface area contributed by atoms with E-state index >= 15 is 0 Å². The van der Waals surface area contributed by atoms with Crippen LogP contribution in [-0.4, -0.2) is 11.7 Å². The Balaban J connectivity index is 2.15. The lowest BCUT2D eigenvalue weighted by Gasteiger charge is -2.19. The van der Waals surface area contributed by atoms with Crippen LogP contribution in [-0.2, 0) is 0 Å². The average Bonchev–Trinajstić information content (AvgIpc) is 2.40. The molecule has 1 unspecified atom stereocenters. The summed E-state index contributed by atoms with van der Waals surface area (Å²) in [4.78, 5) is 0. The third-order valence-corrected chi connectivity index (χ3v) is 3.16. The van der Waals surface area contributed by atoms with Crippen molar-refractivity contribution in [2.24, 2.45) is 0 Å². The standard InChI is InChI=1S/C15H20O2/c1-2-17-14-10-6-9-13(11-14)15(16)12-7-4-3-5-8-12/h6-7,9-11,15-16H,2-5,8H2,1H3. The van der Waals surface area contributed by atoms with Gasteiger partial charge >= 0.3 is 0 Å². The maximum absolute atomic E-state index is 10.3. The van der Waals surface area contributed by atoms with E-state index in [4.69, 9.17) is 4.74 Å². The Morgan fingerprint density at radius 1 is 1.35 bits per heavy atom. The van der Waals surface area contributed by atoms with Gasteiger partial charge in [-0.25, -0.2) is 0 Å². The normalized spacial score (nSPS) is 17.4. The van der Waals surface area contributed by atoms with Crippen LogP contribution in [0.25, 0.3) is 0 Å². The van der Waals surface area contributed by atoms with Gasteiger partial charge < -0.3 is 9.84 Å². The molecule has 1 aliphatic carbocycles. The number of rotatable bonds is 4. The minimum Gasteiger partial charge on any atom is -0.494 e. The van der Waals surface area contributed by atoms with Crippen molar-refractivity contribution in [3.8, 4) is 5.75 Å². The van der Waals surface area contributed by atoms with Crippen molar-refractivity contribution in [2.75, 3.05) is 6.61 Å². The molecule has 0 heterocycles. The van der Waals surface area contributed by atoms with E-state index in [0.29, 0.717) is 6.61 Å². The zero-order chi connectivity index (χ0) is 12.1. The number of aliphatic hydroxyl groups excluding tert-OH is 1. The smallest absolute Gasteiger partial charge is 0.119 e. The quantitative estimate of drug-likeness (QED) is 0.803. The molecular weight excluding hydrogens is 212 g/mol. The van der Waals surface area contributed by atoms with Gasteiger partial charge in [0.25, 0.3) is 0 Å². The highest BCUT2D eigenvalue weighted by Gasteiger charge is 2.15. The van der Waals surface area contributed by atoms with Crippen molar-refractivity contribution in [1.82, 2.24) is 0 Å². The second-order valence-electron chi connectivity index (χ2n) is 4.43. The first-order valence-electron chi connectivity index (χ1n) is 6.41. The van der Waals surface area contributed by atoms with Crippen molar-refractivity contribution in [3.05, 3.63) is 41.5 Å². The van der Waals surface area contributed by atoms with Crippen LogP contribution in [0.15, 0.2) is 35.9 Å². The maximum atomic E-state index is 10.3. The van der Waals surface area contributed by atoms with Crippen LogP contribution < -0.4 is 4.74 Å². The van der Waals surface area contributed by atoms with E-state index in [1.165, 1.54) is 12.8 Å². The van der Waals surface area contributed by atoms with E-state index in [-0.39, 0.29) is 0 Å². The summed E-state index contributed by atoms with van der Waals surface area (Å²) in [6, 6.07) is 7.76. The summed E-state index contributed by atoms with van der Waals surface area (Å²) in [6.45, 7) is 2.62. The Hall–Kier alpha value is -1.28. The van der Waals surface area contributed by atoms with Gasteiger partial charge in [0.1, 0.15) is 11.9 Å².